The Morgan fingerprint density at radius 3 is 2.45 bits per heavy atom. The number of carbonyl (C=O) groups excluding carboxylic acids is 1. The van der Waals surface area contributed by atoms with E-state index in [1.807, 2.05) is 38.2 Å². The van der Waals surface area contributed by atoms with E-state index in [-0.39, 0.29) is 11.9 Å². The van der Waals surface area contributed by atoms with Crippen LogP contribution in [0.5, 0.6) is 5.75 Å². The van der Waals surface area contributed by atoms with Gasteiger partial charge in [-0.15, -0.1) is 0 Å². The van der Waals surface area contributed by atoms with Gasteiger partial charge in [0.05, 0.1) is 12.1 Å². The Bertz CT molecular complexity index is 763. The number of halogens is 1. The molecule has 1 aromatic carbocycles. The molecular weight excluding hydrogens is 412 g/mol. The second-order valence-electron chi connectivity index (χ2n) is 9.08. The zero-order valence-corrected chi connectivity index (χ0v) is 19.8. The third-order valence-corrected chi connectivity index (χ3v) is 7.34. The number of amides is 1. The molecule has 2 fully saturated rings. The van der Waals surface area contributed by atoms with Crippen LogP contribution in [0.25, 0.3) is 0 Å². The molecule has 1 aliphatic heterocycles. The predicted molar refractivity (Wildman–Crippen MR) is 123 cm³/mol. The van der Waals surface area contributed by atoms with Gasteiger partial charge in [0.15, 0.2) is 0 Å². The topological polar surface area (TPSA) is 59.8 Å². The molecule has 2 aliphatic rings. The lowest BCUT2D eigenvalue weighted by Crippen LogP contribution is -2.58. The molecule has 1 aliphatic carbocycles. The molecule has 1 saturated heterocycles. The van der Waals surface area contributed by atoms with Gasteiger partial charge in [0.1, 0.15) is 17.9 Å². The molecule has 1 atom stereocenters. The number of carbonyl (C=O) groups is 1. The van der Waals surface area contributed by atoms with Gasteiger partial charge in [-0.2, -0.15) is 5.26 Å². The highest BCUT2D eigenvalue weighted by molar-refractivity contribution is 6.30. The normalized spacial score (nSPS) is 26.1. The fourth-order valence-electron chi connectivity index (χ4n) is 4.61. The highest BCUT2D eigenvalue weighted by Gasteiger charge is 2.42. The minimum atomic E-state index is -0.640. The van der Waals surface area contributed by atoms with Gasteiger partial charge in [-0.05, 0) is 62.8 Å². The molecule has 1 aromatic rings. The number of nitrogens with zero attached hydrogens (tertiary/aromatic N) is 4. The lowest BCUT2D eigenvalue weighted by Gasteiger charge is -2.44. The molecule has 0 aromatic heterocycles. The van der Waals surface area contributed by atoms with Crippen LogP contribution >= 0.6 is 11.6 Å². The molecule has 1 amide bonds. The predicted octanol–water partition coefficient (Wildman–Crippen LogP) is 3.66. The van der Waals surface area contributed by atoms with Crippen LogP contribution in [-0.2, 0) is 4.79 Å². The number of likely N-dealkylation sites (N-methyl/N-ethyl adjacent to an activating group) is 1. The average Bonchev–Trinajstić information content (AvgIpc) is 2.80. The van der Waals surface area contributed by atoms with Gasteiger partial charge < -0.3 is 9.64 Å². The Balaban J connectivity index is 1.44. The molecule has 1 heterocycles. The molecule has 31 heavy (non-hydrogen) atoms. The van der Waals surface area contributed by atoms with E-state index in [9.17, 15) is 10.1 Å². The zero-order chi connectivity index (χ0) is 22.4. The van der Waals surface area contributed by atoms with Crippen LogP contribution in [0.1, 0.15) is 39.5 Å². The third kappa shape index (κ3) is 5.91. The summed E-state index contributed by atoms with van der Waals surface area (Å²) in [7, 11) is 1.82. The van der Waals surface area contributed by atoms with Crippen molar-refractivity contribution in [3.63, 3.8) is 0 Å². The molecule has 0 bridgehead atoms. The summed E-state index contributed by atoms with van der Waals surface area (Å²) in [6.07, 6.45) is 3.58. The first-order valence-electron chi connectivity index (χ1n) is 11.4. The molecule has 0 spiro atoms. The van der Waals surface area contributed by atoms with Crippen LogP contribution in [-0.4, -0.2) is 78.6 Å². The van der Waals surface area contributed by atoms with E-state index in [1.54, 1.807) is 4.90 Å². The van der Waals surface area contributed by atoms with Gasteiger partial charge in [0.2, 0.25) is 5.91 Å². The van der Waals surface area contributed by atoms with Crippen molar-refractivity contribution in [1.82, 2.24) is 14.7 Å². The summed E-state index contributed by atoms with van der Waals surface area (Å²) in [5.74, 6) is 1.53. The Kier molecular flexibility index (Phi) is 8.21. The maximum Gasteiger partial charge on any atom is 0.240 e. The summed E-state index contributed by atoms with van der Waals surface area (Å²) in [5, 5.41) is 10.6. The summed E-state index contributed by atoms with van der Waals surface area (Å²) in [4.78, 5) is 19.6. The number of piperazine rings is 1. The Morgan fingerprint density at radius 1 is 1.26 bits per heavy atom. The van der Waals surface area contributed by atoms with Crippen molar-refractivity contribution >= 4 is 17.5 Å². The highest BCUT2D eigenvalue weighted by Crippen LogP contribution is 2.36. The standard InChI is InChI=1S/C24H35ClN4O2/c1-19-8-10-24(18-26,11-9-19)27(3)23(30)20(2)29-14-12-28(13-15-29)16-17-31-22-6-4-21(25)5-7-22/h4-7,19-20H,8-17H2,1-3H3. The van der Waals surface area contributed by atoms with E-state index in [4.69, 9.17) is 16.3 Å². The zero-order valence-electron chi connectivity index (χ0n) is 19.0. The lowest BCUT2D eigenvalue weighted by molar-refractivity contribution is -0.141. The minimum Gasteiger partial charge on any atom is -0.492 e. The van der Waals surface area contributed by atoms with E-state index >= 15 is 0 Å². The van der Waals surface area contributed by atoms with E-state index in [0.717, 1.165) is 64.2 Å². The molecule has 6 nitrogen and oxygen atoms in total. The molecule has 170 valence electrons. The molecule has 0 N–H and O–H groups in total. The maximum absolute atomic E-state index is 13.2. The average molecular weight is 447 g/mol. The van der Waals surface area contributed by atoms with E-state index in [0.29, 0.717) is 17.5 Å². The fourth-order valence-corrected chi connectivity index (χ4v) is 4.73. The third-order valence-electron chi connectivity index (χ3n) is 7.08. The van der Waals surface area contributed by atoms with E-state index in [1.165, 1.54) is 0 Å². The van der Waals surface area contributed by atoms with Gasteiger partial charge in [0, 0.05) is 44.8 Å². The van der Waals surface area contributed by atoms with Crippen molar-refractivity contribution in [2.24, 2.45) is 5.92 Å². The van der Waals surface area contributed by atoms with E-state index in [2.05, 4.69) is 22.8 Å². The molecule has 1 saturated carbocycles. The lowest BCUT2D eigenvalue weighted by atomic mass is 9.77. The molecule has 7 heteroatoms. The summed E-state index contributed by atoms with van der Waals surface area (Å²) in [6.45, 7) is 9.20. The molecule has 3 rings (SSSR count). The fraction of sp³-hybridized carbons (Fsp3) is 0.667. The number of hydrogen-bond donors (Lipinski definition) is 0. The van der Waals surface area contributed by atoms with Crippen LogP contribution in [0.2, 0.25) is 5.02 Å². The Hall–Kier alpha value is -1.81. The van der Waals surface area contributed by atoms with Crippen molar-refractivity contribution < 1.29 is 9.53 Å². The van der Waals surface area contributed by atoms with Crippen molar-refractivity contribution in [3.05, 3.63) is 29.3 Å². The van der Waals surface area contributed by atoms with Crippen molar-refractivity contribution in [2.45, 2.75) is 51.1 Å². The smallest absolute Gasteiger partial charge is 0.240 e. The van der Waals surface area contributed by atoms with Gasteiger partial charge in [-0.3, -0.25) is 14.6 Å². The number of rotatable bonds is 7. The van der Waals surface area contributed by atoms with Crippen LogP contribution in [0.15, 0.2) is 24.3 Å². The quantitative estimate of drug-likeness (QED) is 0.639. The van der Waals surface area contributed by atoms with Crippen LogP contribution in [0.4, 0.5) is 0 Å². The second kappa shape index (κ2) is 10.7. The number of hydrogen-bond acceptors (Lipinski definition) is 5. The number of benzene rings is 1. The van der Waals surface area contributed by atoms with Gasteiger partial charge in [-0.25, -0.2) is 0 Å². The van der Waals surface area contributed by atoms with Crippen LogP contribution < -0.4 is 4.74 Å². The summed E-state index contributed by atoms with van der Waals surface area (Å²) < 4.78 is 5.80. The minimum absolute atomic E-state index is 0.0654. The highest BCUT2D eigenvalue weighted by atomic mass is 35.5. The second-order valence-corrected chi connectivity index (χ2v) is 9.52. The summed E-state index contributed by atoms with van der Waals surface area (Å²) in [6, 6.07) is 9.69. The SMILES string of the molecule is CC1CCC(C#N)(N(C)C(=O)C(C)N2CCN(CCOc3ccc(Cl)cc3)CC2)CC1. The molecule has 1 unspecified atom stereocenters. The first-order valence-corrected chi connectivity index (χ1v) is 11.8. The van der Waals surface area contributed by atoms with Crippen molar-refractivity contribution in [1.29, 1.82) is 5.26 Å². The summed E-state index contributed by atoms with van der Waals surface area (Å²) >= 11 is 5.90. The maximum atomic E-state index is 13.2. The van der Waals surface area contributed by atoms with Crippen LogP contribution in [0, 0.1) is 17.2 Å². The number of nitriles is 1. The van der Waals surface area contributed by atoms with E-state index < -0.39 is 5.54 Å². The summed E-state index contributed by atoms with van der Waals surface area (Å²) in [5.41, 5.74) is -0.640. The monoisotopic (exact) mass is 446 g/mol. The largest absolute Gasteiger partial charge is 0.492 e. The van der Waals surface area contributed by atoms with Crippen molar-refractivity contribution in [2.75, 3.05) is 46.4 Å². The van der Waals surface area contributed by atoms with Crippen molar-refractivity contribution in [3.8, 4) is 11.8 Å². The molecular formula is C24H35ClN4O2. The first kappa shape index (κ1) is 23.8. The Morgan fingerprint density at radius 2 is 1.87 bits per heavy atom. The van der Waals surface area contributed by atoms with Crippen LogP contribution in [0.3, 0.4) is 0 Å². The van der Waals surface area contributed by atoms with Gasteiger partial charge in [-0.1, -0.05) is 18.5 Å². The molecule has 0 radical (unpaired) electrons. The first-order chi connectivity index (χ1) is 14.8. The number of ether oxygens (including phenoxy) is 1. The van der Waals surface area contributed by atoms with Gasteiger partial charge >= 0.3 is 0 Å². The van der Waals surface area contributed by atoms with Gasteiger partial charge in [0.25, 0.3) is 0 Å². The Labute approximate surface area is 191 Å².